The van der Waals surface area contributed by atoms with Crippen molar-refractivity contribution in [3.63, 3.8) is 0 Å². The van der Waals surface area contributed by atoms with Gasteiger partial charge in [0, 0.05) is 50.4 Å². The summed E-state index contributed by atoms with van der Waals surface area (Å²) in [6.45, 7) is 3.75. The molecule has 2 aromatic rings. The molecule has 1 N–H and O–H groups in total. The first kappa shape index (κ1) is 24.8. The van der Waals surface area contributed by atoms with Crippen molar-refractivity contribution in [2.45, 2.75) is 23.6 Å². The summed E-state index contributed by atoms with van der Waals surface area (Å²) in [6.07, 6.45) is 0. The topological polar surface area (TPSA) is 147 Å². The van der Waals surface area contributed by atoms with Crippen LogP contribution in [0.15, 0.2) is 52.3 Å². The molecular weight excluding hydrogens is 472 g/mol. The van der Waals surface area contributed by atoms with E-state index in [1.807, 2.05) is 0 Å². The van der Waals surface area contributed by atoms with Crippen LogP contribution in [0.25, 0.3) is 0 Å². The van der Waals surface area contributed by atoms with Gasteiger partial charge >= 0.3 is 0 Å². The van der Waals surface area contributed by atoms with Crippen molar-refractivity contribution < 1.29 is 26.6 Å². The molecule has 0 saturated carbocycles. The molecule has 0 atom stereocenters. The van der Waals surface area contributed by atoms with Gasteiger partial charge in [-0.25, -0.2) is 21.6 Å². The van der Waals surface area contributed by atoms with Crippen LogP contribution >= 0.6 is 0 Å². The number of carbonyl (C=O) groups is 1. The van der Waals surface area contributed by atoms with Gasteiger partial charge in [0.1, 0.15) is 0 Å². The summed E-state index contributed by atoms with van der Waals surface area (Å²) in [5.74, 6) is -0.395. The summed E-state index contributed by atoms with van der Waals surface area (Å²) < 4.78 is 54.0. The van der Waals surface area contributed by atoms with Gasteiger partial charge in [0.2, 0.25) is 20.0 Å². The summed E-state index contributed by atoms with van der Waals surface area (Å²) in [4.78, 5) is 24.6. The zero-order valence-electron chi connectivity index (χ0n) is 18.1. The molecule has 0 spiro atoms. The number of aryl methyl sites for hydroxylation is 1. The van der Waals surface area contributed by atoms with Crippen LogP contribution in [0.1, 0.15) is 22.8 Å². The minimum absolute atomic E-state index is 0.00515. The van der Waals surface area contributed by atoms with Gasteiger partial charge in [0.05, 0.1) is 14.7 Å². The predicted molar refractivity (Wildman–Crippen MR) is 120 cm³/mol. The fraction of sp³-hybridized carbons (Fsp3) is 0.350. The van der Waals surface area contributed by atoms with Crippen LogP contribution in [0.2, 0.25) is 0 Å². The molecule has 0 radical (unpaired) electrons. The molecule has 1 heterocycles. The highest BCUT2D eigenvalue weighted by atomic mass is 32.2. The molecule has 3 rings (SSSR count). The molecule has 13 heteroatoms. The van der Waals surface area contributed by atoms with Gasteiger partial charge in [-0.15, -0.1) is 0 Å². The number of hydrogen-bond acceptors (Lipinski definition) is 7. The number of nitrogens with zero attached hydrogens (tertiary/aromatic N) is 3. The Balaban J connectivity index is 1.77. The molecule has 2 aromatic carbocycles. The lowest BCUT2D eigenvalue weighted by molar-refractivity contribution is -0.385. The van der Waals surface area contributed by atoms with E-state index in [9.17, 15) is 31.7 Å². The quantitative estimate of drug-likeness (QED) is 0.449. The lowest BCUT2D eigenvalue weighted by atomic mass is 10.1. The maximum absolute atomic E-state index is 13.1. The number of hydrogen-bond donors (Lipinski definition) is 1. The van der Waals surface area contributed by atoms with Gasteiger partial charge in [-0.05, 0) is 30.7 Å². The SMILES string of the molecule is CCNS(=O)(=O)c1ccc(C)c(C(=O)N2CCN(S(=O)(=O)c3cccc([N+](=O)[O-])c3)CC2)c1. The number of nitro groups is 1. The van der Waals surface area contributed by atoms with Gasteiger partial charge < -0.3 is 4.90 Å². The predicted octanol–water partition coefficient (Wildman–Crippen LogP) is 1.35. The molecule has 11 nitrogen and oxygen atoms in total. The third kappa shape index (κ3) is 5.21. The van der Waals surface area contributed by atoms with Crippen LogP contribution in [-0.4, -0.2) is 69.6 Å². The Labute approximate surface area is 192 Å². The summed E-state index contributed by atoms with van der Waals surface area (Å²) in [5.41, 5.74) is 0.499. The van der Waals surface area contributed by atoms with E-state index in [1.54, 1.807) is 19.9 Å². The summed E-state index contributed by atoms with van der Waals surface area (Å²) in [7, 11) is -7.71. The van der Waals surface area contributed by atoms with E-state index in [0.717, 1.165) is 6.07 Å². The summed E-state index contributed by atoms with van der Waals surface area (Å²) in [6, 6.07) is 9.12. The highest BCUT2D eigenvalue weighted by molar-refractivity contribution is 7.89. The van der Waals surface area contributed by atoms with Crippen molar-refractivity contribution in [3.05, 3.63) is 63.7 Å². The Morgan fingerprint density at radius 3 is 2.30 bits per heavy atom. The van der Waals surface area contributed by atoms with Crippen LogP contribution < -0.4 is 4.72 Å². The van der Waals surface area contributed by atoms with Crippen molar-refractivity contribution in [2.24, 2.45) is 0 Å². The number of nitro benzene ring substituents is 1. The molecule has 33 heavy (non-hydrogen) atoms. The third-order valence-corrected chi connectivity index (χ3v) is 8.71. The second kappa shape index (κ2) is 9.55. The standard InChI is InChI=1S/C20H24N4O7S2/c1-3-21-32(28,29)17-8-7-15(2)19(14-17)20(25)22-9-11-23(12-10-22)33(30,31)18-6-4-5-16(13-18)24(26)27/h4-8,13-14,21H,3,9-12H2,1-2H3. The second-order valence-corrected chi connectivity index (χ2v) is 11.1. The summed E-state index contributed by atoms with van der Waals surface area (Å²) in [5, 5.41) is 11.0. The number of rotatable bonds is 7. The number of benzene rings is 2. The fourth-order valence-corrected chi connectivity index (χ4v) is 6.01. The lowest BCUT2D eigenvalue weighted by Crippen LogP contribution is -2.50. The van der Waals surface area contributed by atoms with Crippen molar-refractivity contribution in [2.75, 3.05) is 32.7 Å². The first-order valence-electron chi connectivity index (χ1n) is 10.1. The molecule has 178 valence electrons. The van der Waals surface area contributed by atoms with Gasteiger partial charge in [0.25, 0.3) is 11.6 Å². The first-order chi connectivity index (χ1) is 15.5. The van der Waals surface area contributed by atoms with Crippen molar-refractivity contribution in [1.29, 1.82) is 0 Å². The van der Waals surface area contributed by atoms with Crippen molar-refractivity contribution in [1.82, 2.24) is 13.9 Å². The Morgan fingerprint density at radius 1 is 1.03 bits per heavy atom. The largest absolute Gasteiger partial charge is 0.336 e. The Morgan fingerprint density at radius 2 is 1.70 bits per heavy atom. The second-order valence-electron chi connectivity index (χ2n) is 7.43. The van der Waals surface area contributed by atoms with Crippen molar-refractivity contribution >= 4 is 31.6 Å². The van der Waals surface area contributed by atoms with E-state index >= 15 is 0 Å². The monoisotopic (exact) mass is 496 g/mol. The van der Waals surface area contributed by atoms with Gasteiger partial charge in [-0.2, -0.15) is 4.31 Å². The molecule has 1 fully saturated rings. The van der Waals surface area contributed by atoms with E-state index in [4.69, 9.17) is 0 Å². The zero-order chi connectivity index (χ0) is 24.4. The van der Waals surface area contributed by atoms with Crippen LogP contribution in [0, 0.1) is 17.0 Å². The van der Waals surface area contributed by atoms with Crippen LogP contribution in [-0.2, 0) is 20.0 Å². The molecular formula is C20H24N4O7S2. The van der Waals surface area contributed by atoms with E-state index in [-0.39, 0.29) is 53.8 Å². The zero-order valence-corrected chi connectivity index (χ0v) is 19.7. The van der Waals surface area contributed by atoms with Crippen molar-refractivity contribution in [3.8, 4) is 0 Å². The molecule has 1 aliphatic heterocycles. The highest BCUT2D eigenvalue weighted by Gasteiger charge is 2.32. The molecule has 1 amide bonds. The molecule has 0 aliphatic carbocycles. The Kier molecular flexibility index (Phi) is 7.17. The van der Waals surface area contributed by atoms with E-state index in [1.165, 1.54) is 39.5 Å². The number of sulfonamides is 2. The van der Waals surface area contributed by atoms with E-state index in [2.05, 4.69) is 4.72 Å². The molecule has 0 unspecified atom stereocenters. The van der Waals surface area contributed by atoms with E-state index < -0.39 is 30.9 Å². The Bertz CT molecular complexity index is 1290. The first-order valence-corrected chi connectivity index (χ1v) is 13.0. The number of piperazine rings is 1. The number of nitrogens with one attached hydrogen (secondary N) is 1. The summed E-state index contributed by atoms with van der Waals surface area (Å²) >= 11 is 0. The number of non-ortho nitro benzene ring substituents is 1. The highest BCUT2D eigenvalue weighted by Crippen LogP contribution is 2.23. The van der Waals surface area contributed by atoms with Gasteiger partial charge in [0.15, 0.2) is 0 Å². The molecule has 0 aromatic heterocycles. The molecule has 1 aliphatic rings. The minimum Gasteiger partial charge on any atom is -0.336 e. The number of amides is 1. The van der Waals surface area contributed by atoms with Crippen LogP contribution in [0.5, 0.6) is 0 Å². The number of carbonyl (C=O) groups excluding carboxylic acids is 1. The van der Waals surface area contributed by atoms with Crippen LogP contribution in [0.4, 0.5) is 5.69 Å². The molecule has 0 bridgehead atoms. The fourth-order valence-electron chi connectivity index (χ4n) is 3.48. The average Bonchev–Trinajstić information content (AvgIpc) is 2.79. The lowest BCUT2D eigenvalue weighted by Gasteiger charge is -2.34. The van der Waals surface area contributed by atoms with Gasteiger partial charge in [-0.1, -0.05) is 19.1 Å². The smallest absolute Gasteiger partial charge is 0.270 e. The average molecular weight is 497 g/mol. The van der Waals surface area contributed by atoms with Gasteiger partial charge in [-0.3, -0.25) is 14.9 Å². The van der Waals surface area contributed by atoms with E-state index in [0.29, 0.717) is 5.56 Å². The molecule has 1 saturated heterocycles. The maximum Gasteiger partial charge on any atom is 0.270 e. The normalized spacial score (nSPS) is 15.4. The maximum atomic E-state index is 13.1. The van der Waals surface area contributed by atoms with Crippen LogP contribution in [0.3, 0.4) is 0 Å². The third-order valence-electron chi connectivity index (χ3n) is 5.28. The Hall–Kier alpha value is -2.87. The minimum atomic E-state index is -3.97.